The normalized spacial score (nSPS) is 11.1. The maximum absolute atomic E-state index is 13.5. The number of ether oxygens (including phenoxy) is 3. The summed E-state index contributed by atoms with van der Waals surface area (Å²) in [7, 11) is 1.64. The van der Waals surface area contributed by atoms with E-state index >= 15 is 0 Å². The maximum Gasteiger partial charge on any atom is 0.127 e. The van der Waals surface area contributed by atoms with Crippen LogP contribution in [0.15, 0.2) is 18.2 Å². The van der Waals surface area contributed by atoms with E-state index in [2.05, 4.69) is 19.2 Å². The van der Waals surface area contributed by atoms with Gasteiger partial charge in [0, 0.05) is 38.8 Å². The fourth-order valence-electron chi connectivity index (χ4n) is 1.72. The van der Waals surface area contributed by atoms with Gasteiger partial charge in [-0.2, -0.15) is 0 Å². The zero-order valence-corrected chi connectivity index (χ0v) is 13.2. The Hall–Kier alpha value is -1.17. The Morgan fingerprint density at radius 2 is 1.90 bits per heavy atom. The molecule has 0 saturated carbocycles. The molecular weight excluding hydrogens is 273 g/mol. The van der Waals surface area contributed by atoms with E-state index in [4.69, 9.17) is 14.2 Å². The van der Waals surface area contributed by atoms with Crippen molar-refractivity contribution in [2.75, 3.05) is 33.5 Å². The topological polar surface area (TPSA) is 39.7 Å². The van der Waals surface area contributed by atoms with Gasteiger partial charge in [-0.3, -0.25) is 0 Å². The van der Waals surface area contributed by atoms with Gasteiger partial charge >= 0.3 is 0 Å². The van der Waals surface area contributed by atoms with Crippen LogP contribution >= 0.6 is 0 Å². The lowest BCUT2D eigenvalue weighted by atomic mass is 10.2. The van der Waals surface area contributed by atoms with Gasteiger partial charge in [0.05, 0.1) is 19.8 Å². The maximum atomic E-state index is 13.5. The monoisotopic (exact) mass is 299 g/mol. The van der Waals surface area contributed by atoms with Gasteiger partial charge in [-0.15, -0.1) is 0 Å². The first kappa shape index (κ1) is 17.9. The molecule has 120 valence electrons. The number of methoxy groups -OCH3 is 1. The molecule has 0 fully saturated rings. The van der Waals surface area contributed by atoms with Gasteiger partial charge in [-0.05, 0) is 17.7 Å². The Bertz CT molecular complexity index is 399. The Kier molecular flexibility index (Phi) is 8.98. The quantitative estimate of drug-likeness (QED) is 0.638. The van der Waals surface area contributed by atoms with Crippen LogP contribution in [0.1, 0.15) is 25.8 Å². The molecule has 4 nitrogen and oxygen atoms in total. The van der Waals surface area contributed by atoms with Crippen molar-refractivity contribution < 1.29 is 18.6 Å². The summed E-state index contributed by atoms with van der Waals surface area (Å²) in [5, 5.41) is 3.26. The molecule has 1 N–H and O–H groups in total. The third-order valence-electron chi connectivity index (χ3n) is 2.78. The van der Waals surface area contributed by atoms with E-state index in [9.17, 15) is 4.39 Å². The van der Waals surface area contributed by atoms with E-state index in [1.165, 1.54) is 12.1 Å². The molecule has 0 aliphatic rings. The van der Waals surface area contributed by atoms with E-state index < -0.39 is 0 Å². The smallest absolute Gasteiger partial charge is 0.127 e. The summed E-state index contributed by atoms with van der Waals surface area (Å²) in [6, 6.07) is 5.16. The summed E-state index contributed by atoms with van der Waals surface area (Å²) >= 11 is 0. The molecule has 0 amide bonds. The highest BCUT2D eigenvalue weighted by Crippen LogP contribution is 2.16. The molecule has 21 heavy (non-hydrogen) atoms. The van der Waals surface area contributed by atoms with Crippen molar-refractivity contribution in [1.29, 1.82) is 0 Å². The van der Waals surface area contributed by atoms with E-state index in [1.807, 2.05) is 6.07 Å². The fourth-order valence-corrected chi connectivity index (χ4v) is 1.72. The molecular formula is C16H26FNO3. The Morgan fingerprint density at radius 3 is 2.62 bits per heavy atom. The van der Waals surface area contributed by atoms with E-state index in [0.29, 0.717) is 44.8 Å². The summed E-state index contributed by atoms with van der Waals surface area (Å²) in [5.41, 5.74) is 0.884. The number of hydrogen-bond donors (Lipinski definition) is 1. The average Bonchev–Trinajstić information content (AvgIpc) is 2.44. The van der Waals surface area contributed by atoms with Crippen LogP contribution in [-0.2, 0) is 16.0 Å². The van der Waals surface area contributed by atoms with E-state index in [0.717, 1.165) is 12.0 Å². The van der Waals surface area contributed by atoms with Crippen molar-refractivity contribution >= 4 is 0 Å². The van der Waals surface area contributed by atoms with Crippen LogP contribution in [0.25, 0.3) is 0 Å². The summed E-state index contributed by atoms with van der Waals surface area (Å²) in [6.45, 7) is 7.04. The lowest BCUT2D eigenvalue weighted by molar-refractivity contribution is 0.0644. The van der Waals surface area contributed by atoms with E-state index in [-0.39, 0.29) is 5.82 Å². The van der Waals surface area contributed by atoms with Gasteiger partial charge in [-0.25, -0.2) is 4.39 Å². The largest absolute Gasteiger partial charge is 0.493 e. The summed E-state index contributed by atoms with van der Waals surface area (Å²) < 4.78 is 29.3. The fraction of sp³-hybridized carbons (Fsp3) is 0.625. The Balaban J connectivity index is 2.30. The summed E-state index contributed by atoms with van der Waals surface area (Å²) in [6.07, 6.45) is 0.764. The van der Waals surface area contributed by atoms with Gasteiger partial charge in [0.25, 0.3) is 0 Å². The highest BCUT2D eigenvalue weighted by molar-refractivity contribution is 5.29. The molecule has 0 saturated heterocycles. The molecule has 0 radical (unpaired) electrons. The van der Waals surface area contributed by atoms with Crippen molar-refractivity contribution in [2.24, 2.45) is 0 Å². The highest BCUT2D eigenvalue weighted by Gasteiger charge is 2.03. The molecule has 0 bridgehead atoms. The molecule has 0 unspecified atom stereocenters. The first-order valence-corrected chi connectivity index (χ1v) is 7.34. The molecule has 0 spiro atoms. The minimum absolute atomic E-state index is 0.274. The van der Waals surface area contributed by atoms with Crippen LogP contribution in [0.2, 0.25) is 0 Å². The lowest BCUT2D eigenvalue weighted by Gasteiger charge is -2.11. The van der Waals surface area contributed by atoms with Crippen LogP contribution < -0.4 is 10.1 Å². The first-order valence-electron chi connectivity index (χ1n) is 7.34. The molecule has 0 heterocycles. The molecule has 5 heteroatoms. The molecule has 0 aliphatic carbocycles. The highest BCUT2D eigenvalue weighted by atomic mass is 19.1. The SMILES string of the molecule is COCCOCCCOc1cc(F)cc(CNC(C)C)c1. The van der Waals surface area contributed by atoms with Crippen molar-refractivity contribution in [3.05, 3.63) is 29.6 Å². The summed E-state index contributed by atoms with van der Waals surface area (Å²) in [4.78, 5) is 0. The number of halogens is 1. The lowest BCUT2D eigenvalue weighted by Crippen LogP contribution is -2.21. The van der Waals surface area contributed by atoms with Crippen molar-refractivity contribution in [3.63, 3.8) is 0 Å². The summed E-state index contributed by atoms with van der Waals surface area (Å²) in [5.74, 6) is 0.289. The second kappa shape index (κ2) is 10.5. The van der Waals surface area contributed by atoms with Crippen molar-refractivity contribution in [2.45, 2.75) is 32.9 Å². The van der Waals surface area contributed by atoms with Gasteiger partial charge in [0.1, 0.15) is 11.6 Å². The average molecular weight is 299 g/mol. The van der Waals surface area contributed by atoms with Crippen molar-refractivity contribution in [1.82, 2.24) is 5.32 Å². The molecule has 0 aliphatic heterocycles. The van der Waals surface area contributed by atoms with Crippen LogP contribution in [0.3, 0.4) is 0 Å². The Labute approximate surface area is 126 Å². The third-order valence-corrected chi connectivity index (χ3v) is 2.78. The zero-order valence-electron chi connectivity index (χ0n) is 13.2. The van der Waals surface area contributed by atoms with Crippen LogP contribution in [0.4, 0.5) is 4.39 Å². The van der Waals surface area contributed by atoms with Crippen molar-refractivity contribution in [3.8, 4) is 5.75 Å². The second-order valence-corrected chi connectivity index (χ2v) is 5.14. The van der Waals surface area contributed by atoms with Gasteiger partial charge < -0.3 is 19.5 Å². The predicted molar refractivity (Wildman–Crippen MR) is 81.2 cm³/mol. The van der Waals surface area contributed by atoms with Gasteiger partial charge in [-0.1, -0.05) is 13.8 Å². The number of rotatable bonds is 11. The number of nitrogens with one attached hydrogen (secondary N) is 1. The second-order valence-electron chi connectivity index (χ2n) is 5.14. The molecule has 0 aromatic heterocycles. The zero-order chi connectivity index (χ0) is 15.5. The van der Waals surface area contributed by atoms with Gasteiger partial charge in [0.2, 0.25) is 0 Å². The van der Waals surface area contributed by atoms with E-state index in [1.54, 1.807) is 7.11 Å². The molecule has 0 atom stereocenters. The first-order chi connectivity index (χ1) is 10.1. The molecule has 1 rings (SSSR count). The van der Waals surface area contributed by atoms with Crippen LogP contribution in [-0.4, -0.2) is 39.6 Å². The predicted octanol–water partition coefficient (Wildman–Crippen LogP) is 2.76. The standard InChI is InChI=1S/C16H26FNO3/c1-13(2)18-12-14-9-15(17)11-16(10-14)21-6-4-5-20-8-7-19-3/h9-11,13,18H,4-8,12H2,1-3H3. The van der Waals surface area contributed by atoms with Crippen LogP contribution in [0.5, 0.6) is 5.75 Å². The molecule has 1 aromatic carbocycles. The minimum Gasteiger partial charge on any atom is -0.493 e. The number of hydrogen-bond acceptors (Lipinski definition) is 4. The van der Waals surface area contributed by atoms with Gasteiger partial charge in [0.15, 0.2) is 0 Å². The number of benzene rings is 1. The third kappa shape index (κ3) is 8.65. The Morgan fingerprint density at radius 1 is 1.10 bits per heavy atom. The minimum atomic E-state index is -0.274. The van der Waals surface area contributed by atoms with Crippen LogP contribution in [0, 0.1) is 5.82 Å². The molecule has 1 aromatic rings.